The van der Waals surface area contributed by atoms with Gasteiger partial charge in [0.15, 0.2) is 0 Å². The number of hydrogen-bond donors (Lipinski definition) is 0. The van der Waals surface area contributed by atoms with Crippen LogP contribution in [0.25, 0.3) is 0 Å². The molecule has 0 aliphatic carbocycles. The lowest BCUT2D eigenvalue weighted by molar-refractivity contribution is -0.143. The minimum absolute atomic E-state index is 0.0386. The van der Waals surface area contributed by atoms with Crippen molar-refractivity contribution in [2.24, 2.45) is 5.41 Å². The molecule has 1 aromatic carbocycles. The predicted molar refractivity (Wildman–Crippen MR) is 103 cm³/mol. The van der Waals surface area contributed by atoms with Gasteiger partial charge >= 0.3 is 0 Å². The molecule has 1 spiro atoms. The first-order valence-electron chi connectivity index (χ1n) is 9.19. The van der Waals surface area contributed by atoms with E-state index in [0.717, 1.165) is 51.0 Å². The van der Waals surface area contributed by atoms with Crippen LogP contribution < -0.4 is 0 Å². The molecule has 1 atom stereocenters. The molecule has 2 saturated heterocycles. The highest BCUT2D eigenvalue weighted by Gasteiger charge is 2.46. The van der Waals surface area contributed by atoms with Gasteiger partial charge in [-0.25, -0.2) is 0 Å². The van der Waals surface area contributed by atoms with Gasteiger partial charge in [-0.1, -0.05) is 30.3 Å². The highest BCUT2D eigenvalue weighted by atomic mass is 32.2. The first-order chi connectivity index (χ1) is 12.1. The van der Waals surface area contributed by atoms with Crippen molar-refractivity contribution in [1.82, 2.24) is 9.80 Å². The van der Waals surface area contributed by atoms with Gasteiger partial charge in [-0.05, 0) is 43.4 Å². The summed E-state index contributed by atoms with van der Waals surface area (Å²) in [6, 6.07) is 10.2. The molecule has 0 bridgehead atoms. The number of thioether (sulfide) groups is 1. The number of hydrogen-bond acceptors (Lipinski definition) is 3. The Morgan fingerprint density at radius 2 is 1.92 bits per heavy atom. The van der Waals surface area contributed by atoms with Crippen LogP contribution in [-0.4, -0.2) is 59.8 Å². The number of likely N-dealkylation sites (tertiary alicyclic amines) is 2. The zero-order valence-electron chi connectivity index (χ0n) is 15.2. The Kier molecular flexibility index (Phi) is 5.72. The van der Waals surface area contributed by atoms with Crippen LogP contribution >= 0.6 is 11.8 Å². The van der Waals surface area contributed by atoms with Crippen LogP contribution in [0, 0.1) is 5.41 Å². The van der Waals surface area contributed by atoms with Crippen molar-refractivity contribution >= 4 is 23.6 Å². The Labute approximate surface area is 154 Å². The first kappa shape index (κ1) is 18.3. The minimum Gasteiger partial charge on any atom is -0.342 e. The average molecular weight is 361 g/mol. The van der Waals surface area contributed by atoms with E-state index in [2.05, 4.69) is 19.1 Å². The second-order valence-electron chi connectivity index (χ2n) is 7.33. The highest BCUT2D eigenvalue weighted by molar-refractivity contribution is 7.99. The SMILES string of the molecule is CCN1CC2(CCN(C(=O)CSC)CC2)C[C@H](c2ccccc2)C1=O. The van der Waals surface area contributed by atoms with Crippen molar-refractivity contribution < 1.29 is 9.59 Å². The molecule has 4 nitrogen and oxygen atoms in total. The number of carbonyl (C=O) groups is 2. The summed E-state index contributed by atoms with van der Waals surface area (Å²) in [5.41, 5.74) is 1.28. The zero-order valence-corrected chi connectivity index (χ0v) is 16.1. The van der Waals surface area contributed by atoms with Gasteiger partial charge in [0, 0.05) is 26.2 Å². The van der Waals surface area contributed by atoms with E-state index < -0.39 is 0 Å². The van der Waals surface area contributed by atoms with Crippen molar-refractivity contribution in [3.8, 4) is 0 Å². The molecule has 0 saturated carbocycles. The first-order valence-corrected chi connectivity index (χ1v) is 10.6. The number of carbonyl (C=O) groups excluding carboxylic acids is 2. The molecule has 2 aliphatic rings. The second-order valence-corrected chi connectivity index (χ2v) is 8.20. The average Bonchev–Trinajstić information content (AvgIpc) is 2.65. The highest BCUT2D eigenvalue weighted by Crippen LogP contribution is 2.45. The summed E-state index contributed by atoms with van der Waals surface area (Å²) in [7, 11) is 0. The number of likely N-dealkylation sites (N-methyl/N-ethyl adjacent to an activating group) is 1. The third-order valence-corrected chi connectivity index (χ3v) is 6.34. The molecule has 2 heterocycles. The molecule has 3 rings (SSSR count). The lowest BCUT2D eigenvalue weighted by atomic mass is 9.67. The Bertz CT molecular complexity index is 611. The smallest absolute Gasteiger partial charge is 0.232 e. The van der Waals surface area contributed by atoms with E-state index in [1.54, 1.807) is 11.8 Å². The molecule has 2 amide bonds. The molecular weight excluding hydrogens is 332 g/mol. The van der Waals surface area contributed by atoms with E-state index in [9.17, 15) is 9.59 Å². The molecule has 0 radical (unpaired) electrons. The fraction of sp³-hybridized carbons (Fsp3) is 0.600. The standard InChI is InChI=1S/C20H28N2O2S/c1-3-21-15-20(9-11-22(12-10-20)18(23)14-25-2)13-17(19(21)24)16-7-5-4-6-8-16/h4-8,17H,3,9-15H2,1-2H3/t17-/m1/s1. The van der Waals surface area contributed by atoms with Crippen LogP contribution in [0.5, 0.6) is 0 Å². The van der Waals surface area contributed by atoms with Gasteiger partial charge in [0.2, 0.25) is 11.8 Å². The Morgan fingerprint density at radius 1 is 1.24 bits per heavy atom. The largest absolute Gasteiger partial charge is 0.342 e. The summed E-state index contributed by atoms with van der Waals surface area (Å²) in [6.45, 7) is 5.32. The van der Waals surface area contributed by atoms with E-state index in [1.807, 2.05) is 34.3 Å². The topological polar surface area (TPSA) is 40.6 Å². The molecule has 5 heteroatoms. The van der Waals surface area contributed by atoms with Gasteiger partial charge in [-0.2, -0.15) is 11.8 Å². The zero-order chi connectivity index (χ0) is 17.9. The van der Waals surface area contributed by atoms with Crippen LogP contribution in [-0.2, 0) is 9.59 Å². The van der Waals surface area contributed by atoms with E-state index >= 15 is 0 Å². The Hall–Kier alpha value is -1.49. The monoisotopic (exact) mass is 360 g/mol. The van der Waals surface area contributed by atoms with Gasteiger partial charge in [0.25, 0.3) is 0 Å². The minimum atomic E-state index is -0.0386. The maximum absolute atomic E-state index is 12.9. The third kappa shape index (κ3) is 3.86. The van der Waals surface area contributed by atoms with Gasteiger partial charge in [0.05, 0.1) is 11.7 Å². The molecule has 136 valence electrons. The number of benzene rings is 1. The number of piperidine rings is 2. The van der Waals surface area contributed by atoms with Crippen molar-refractivity contribution in [1.29, 1.82) is 0 Å². The summed E-state index contributed by atoms with van der Waals surface area (Å²) in [4.78, 5) is 29.1. The summed E-state index contributed by atoms with van der Waals surface area (Å²) < 4.78 is 0. The lowest BCUT2D eigenvalue weighted by Gasteiger charge is -2.49. The Morgan fingerprint density at radius 3 is 2.52 bits per heavy atom. The maximum Gasteiger partial charge on any atom is 0.232 e. The fourth-order valence-electron chi connectivity index (χ4n) is 4.31. The molecule has 1 aromatic rings. The van der Waals surface area contributed by atoms with Crippen LogP contribution in [0.1, 0.15) is 37.7 Å². The predicted octanol–water partition coefficient (Wildman–Crippen LogP) is 2.99. The van der Waals surface area contributed by atoms with E-state index in [-0.39, 0.29) is 23.1 Å². The van der Waals surface area contributed by atoms with Gasteiger partial charge in [-0.3, -0.25) is 9.59 Å². The van der Waals surface area contributed by atoms with Crippen LogP contribution in [0.2, 0.25) is 0 Å². The van der Waals surface area contributed by atoms with Crippen molar-refractivity contribution in [2.75, 3.05) is 38.2 Å². The molecule has 0 aromatic heterocycles. The summed E-state index contributed by atoms with van der Waals surface area (Å²) in [5, 5.41) is 0. The summed E-state index contributed by atoms with van der Waals surface area (Å²) >= 11 is 1.59. The molecule has 0 N–H and O–H groups in total. The molecule has 0 unspecified atom stereocenters. The van der Waals surface area contributed by atoms with Crippen molar-refractivity contribution in [3.05, 3.63) is 35.9 Å². The summed E-state index contributed by atoms with van der Waals surface area (Å²) in [6.07, 6.45) is 4.89. The van der Waals surface area contributed by atoms with Crippen molar-refractivity contribution in [3.63, 3.8) is 0 Å². The molecular formula is C20H28N2O2S. The maximum atomic E-state index is 12.9. The van der Waals surface area contributed by atoms with Crippen LogP contribution in [0.3, 0.4) is 0 Å². The number of rotatable bonds is 4. The van der Waals surface area contributed by atoms with E-state index in [4.69, 9.17) is 0 Å². The molecule has 2 fully saturated rings. The fourth-order valence-corrected chi connectivity index (χ4v) is 4.74. The molecule has 2 aliphatic heterocycles. The molecule has 25 heavy (non-hydrogen) atoms. The van der Waals surface area contributed by atoms with Gasteiger partial charge in [-0.15, -0.1) is 0 Å². The van der Waals surface area contributed by atoms with Gasteiger partial charge in [0.1, 0.15) is 0 Å². The normalized spacial score (nSPS) is 23.1. The number of nitrogens with zero attached hydrogens (tertiary/aromatic N) is 2. The lowest BCUT2D eigenvalue weighted by Crippen LogP contribution is -2.54. The van der Waals surface area contributed by atoms with Gasteiger partial charge < -0.3 is 9.80 Å². The third-order valence-electron chi connectivity index (χ3n) is 5.80. The van der Waals surface area contributed by atoms with E-state index in [1.165, 1.54) is 0 Å². The summed E-state index contributed by atoms with van der Waals surface area (Å²) in [5.74, 6) is 1.05. The van der Waals surface area contributed by atoms with Crippen molar-refractivity contribution in [2.45, 2.75) is 32.1 Å². The van der Waals surface area contributed by atoms with Crippen LogP contribution in [0.4, 0.5) is 0 Å². The van der Waals surface area contributed by atoms with E-state index in [0.29, 0.717) is 5.75 Å². The number of amides is 2. The quantitative estimate of drug-likeness (QED) is 0.829. The second kappa shape index (κ2) is 7.81. The van der Waals surface area contributed by atoms with Crippen LogP contribution in [0.15, 0.2) is 30.3 Å². The Balaban J connectivity index is 1.76.